The van der Waals surface area contributed by atoms with Crippen molar-refractivity contribution in [2.75, 3.05) is 32.8 Å². The lowest BCUT2D eigenvalue weighted by Gasteiger charge is -2.36. The van der Waals surface area contributed by atoms with Crippen LogP contribution in [0.2, 0.25) is 0 Å². The van der Waals surface area contributed by atoms with Crippen molar-refractivity contribution >= 4 is 5.91 Å². The molecule has 1 aromatic heterocycles. The van der Waals surface area contributed by atoms with E-state index in [1.807, 2.05) is 30.3 Å². The Bertz CT molecular complexity index is 678. The minimum absolute atomic E-state index is 0.228. The molecule has 0 spiro atoms. The average Bonchev–Trinajstić information content (AvgIpc) is 3.13. The normalized spacial score (nSPS) is 16.8. The van der Waals surface area contributed by atoms with E-state index >= 15 is 0 Å². The zero-order valence-corrected chi connectivity index (χ0v) is 14.8. The lowest BCUT2D eigenvalue weighted by molar-refractivity contribution is 0.00664. The largest absolute Gasteiger partial charge is 0.379 e. The molecular weight excluding hydrogens is 318 g/mol. The van der Waals surface area contributed by atoms with Crippen LogP contribution in [0.3, 0.4) is 0 Å². The van der Waals surface area contributed by atoms with Gasteiger partial charge < -0.3 is 14.6 Å². The molecule has 6 nitrogen and oxygen atoms in total. The van der Waals surface area contributed by atoms with E-state index in [0.717, 1.165) is 31.9 Å². The summed E-state index contributed by atoms with van der Waals surface area (Å²) >= 11 is 0. The van der Waals surface area contributed by atoms with Gasteiger partial charge in [0.15, 0.2) is 0 Å². The van der Waals surface area contributed by atoms with Crippen molar-refractivity contribution in [1.82, 2.24) is 15.4 Å². The number of hydrogen-bond donors (Lipinski definition) is 1. The molecule has 0 bridgehead atoms. The third kappa shape index (κ3) is 4.46. The maximum Gasteiger partial charge on any atom is 0.289 e. The first-order chi connectivity index (χ1) is 12.1. The number of aromatic nitrogens is 1. The van der Waals surface area contributed by atoms with E-state index in [9.17, 15) is 4.79 Å². The predicted octanol–water partition coefficient (Wildman–Crippen LogP) is 2.43. The second kappa shape index (κ2) is 8.27. The van der Waals surface area contributed by atoms with Crippen LogP contribution < -0.4 is 5.32 Å². The number of hydrogen-bond acceptors (Lipinski definition) is 5. The van der Waals surface area contributed by atoms with E-state index < -0.39 is 0 Å². The van der Waals surface area contributed by atoms with Crippen LogP contribution >= 0.6 is 0 Å². The Kier molecular flexibility index (Phi) is 5.83. The molecule has 3 rings (SSSR count). The molecule has 0 radical (unpaired) electrons. The molecule has 1 aromatic carbocycles. The van der Waals surface area contributed by atoms with Crippen LogP contribution in [-0.2, 0) is 4.74 Å². The number of carbonyl (C=O) groups is 1. The van der Waals surface area contributed by atoms with Crippen molar-refractivity contribution < 1.29 is 14.1 Å². The Morgan fingerprint density at radius 1 is 1.24 bits per heavy atom. The minimum atomic E-state index is -0.228. The van der Waals surface area contributed by atoms with Crippen molar-refractivity contribution in [2.45, 2.75) is 19.9 Å². The van der Waals surface area contributed by atoms with Crippen molar-refractivity contribution in [3.8, 4) is 11.3 Å². The fourth-order valence-electron chi connectivity index (χ4n) is 3.11. The van der Waals surface area contributed by atoms with Crippen molar-refractivity contribution in [3.05, 3.63) is 42.2 Å². The number of carbonyl (C=O) groups excluding carboxylic acids is 1. The zero-order chi connectivity index (χ0) is 17.6. The Hall–Kier alpha value is -2.18. The van der Waals surface area contributed by atoms with Crippen LogP contribution in [0, 0.1) is 5.92 Å². The molecular formula is C19H25N3O3. The number of nitrogens with zero attached hydrogens (tertiary/aromatic N) is 2. The predicted molar refractivity (Wildman–Crippen MR) is 95.3 cm³/mol. The SMILES string of the molecule is CC(C)C(CNC(=O)c1cc(-c2ccccc2)no1)N1CCOCC1. The zero-order valence-electron chi connectivity index (χ0n) is 14.8. The Balaban J connectivity index is 1.60. The Morgan fingerprint density at radius 2 is 1.96 bits per heavy atom. The van der Waals surface area contributed by atoms with Gasteiger partial charge in [-0.25, -0.2) is 0 Å². The molecule has 134 valence electrons. The van der Waals surface area contributed by atoms with Crippen LogP contribution in [-0.4, -0.2) is 54.9 Å². The van der Waals surface area contributed by atoms with Gasteiger partial charge in [-0.2, -0.15) is 0 Å². The van der Waals surface area contributed by atoms with Gasteiger partial charge in [-0.15, -0.1) is 0 Å². The highest BCUT2D eigenvalue weighted by molar-refractivity contribution is 5.92. The highest BCUT2D eigenvalue weighted by atomic mass is 16.5. The summed E-state index contributed by atoms with van der Waals surface area (Å²) in [5.74, 6) is 0.449. The number of rotatable bonds is 6. The monoisotopic (exact) mass is 343 g/mol. The second-order valence-corrected chi connectivity index (χ2v) is 6.61. The fourth-order valence-corrected chi connectivity index (χ4v) is 3.11. The van der Waals surface area contributed by atoms with Crippen LogP contribution in [0.25, 0.3) is 11.3 Å². The van der Waals surface area contributed by atoms with Gasteiger partial charge in [-0.05, 0) is 5.92 Å². The Morgan fingerprint density at radius 3 is 2.64 bits per heavy atom. The van der Waals surface area contributed by atoms with Crippen molar-refractivity contribution in [3.63, 3.8) is 0 Å². The lowest BCUT2D eigenvalue weighted by atomic mass is 10.0. The van der Waals surface area contributed by atoms with Crippen molar-refractivity contribution in [2.24, 2.45) is 5.92 Å². The maximum atomic E-state index is 12.4. The molecule has 1 aliphatic heterocycles. The summed E-state index contributed by atoms with van der Waals surface area (Å²) in [4.78, 5) is 14.8. The van der Waals surface area contributed by atoms with Crippen LogP contribution in [0.15, 0.2) is 40.9 Å². The summed E-state index contributed by atoms with van der Waals surface area (Å²) < 4.78 is 10.6. The van der Waals surface area contributed by atoms with Gasteiger partial charge in [-0.1, -0.05) is 49.3 Å². The molecule has 1 fully saturated rings. The number of amides is 1. The molecule has 1 aliphatic rings. The summed E-state index contributed by atoms with van der Waals surface area (Å²) in [6, 6.07) is 11.6. The number of morpholine rings is 1. The van der Waals surface area contributed by atoms with Gasteiger partial charge >= 0.3 is 0 Å². The van der Waals surface area contributed by atoms with Crippen LogP contribution in [0.5, 0.6) is 0 Å². The van der Waals surface area contributed by atoms with E-state index in [1.54, 1.807) is 6.07 Å². The highest BCUT2D eigenvalue weighted by Crippen LogP contribution is 2.18. The smallest absolute Gasteiger partial charge is 0.289 e. The van der Waals surface area contributed by atoms with Gasteiger partial charge in [0.05, 0.1) is 13.2 Å². The first-order valence-electron chi connectivity index (χ1n) is 8.77. The molecule has 2 aromatic rings. The maximum absolute atomic E-state index is 12.4. The first kappa shape index (κ1) is 17.6. The molecule has 1 amide bonds. The van der Waals surface area contributed by atoms with E-state index in [4.69, 9.17) is 9.26 Å². The first-order valence-corrected chi connectivity index (χ1v) is 8.77. The van der Waals surface area contributed by atoms with Gasteiger partial charge in [0.1, 0.15) is 5.69 Å². The van der Waals surface area contributed by atoms with E-state index in [1.165, 1.54) is 0 Å². The minimum Gasteiger partial charge on any atom is -0.379 e. The second-order valence-electron chi connectivity index (χ2n) is 6.61. The molecule has 25 heavy (non-hydrogen) atoms. The third-order valence-corrected chi connectivity index (χ3v) is 4.56. The van der Waals surface area contributed by atoms with E-state index in [0.29, 0.717) is 18.2 Å². The molecule has 1 N–H and O–H groups in total. The van der Waals surface area contributed by atoms with Crippen LogP contribution in [0.1, 0.15) is 24.4 Å². The Labute approximate surface area is 148 Å². The van der Waals surface area contributed by atoms with Gasteiger partial charge in [0, 0.05) is 37.3 Å². The summed E-state index contributed by atoms with van der Waals surface area (Å²) in [5.41, 5.74) is 1.60. The quantitative estimate of drug-likeness (QED) is 0.872. The summed E-state index contributed by atoms with van der Waals surface area (Å²) in [6.45, 7) is 8.23. The van der Waals surface area contributed by atoms with Gasteiger partial charge in [0.25, 0.3) is 5.91 Å². The average molecular weight is 343 g/mol. The standard InChI is InChI=1S/C19H25N3O3/c1-14(2)17(22-8-10-24-11-9-22)13-20-19(23)18-12-16(21-25-18)15-6-4-3-5-7-15/h3-7,12,14,17H,8-11,13H2,1-2H3,(H,20,23). The molecule has 6 heteroatoms. The molecule has 0 saturated carbocycles. The van der Waals surface area contributed by atoms with E-state index in [2.05, 4.69) is 29.2 Å². The summed E-state index contributed by atoms with van der Waals surface area (Å²) in [7, 11) is 0. The highest BCUT2D eigenvalue weighted by Gasteiger charge is 2.25. The van der Waals surface area contributed by atoms with Crippen molar-refractivity contribution in [1.29, 1.82) is 0 Å². The number of benzene rings is 1. The van der Waals surface area contributed by atoms with Gasteiger partial charge in [-0.3, -0.25) is 9.69 Å². The molecule has 1 saturated heterocycles. The topological polar surface area (TPSA) is 67.6 Å². The lowest BCUT2D eigenvalue weighted by Crippen LogP contribution is -2.51. The number of ether oxygens (including phenoxy) is 1. The molecule has 1 atom stereocenters. The summed E-state index contributed by atoms with van der Waals surface area (Å²) in [5, 5.41) is 6.98. The molecule has 1 unspecified atom stereocenters. The summed E-state index contributed by atoms with van der Waals surface area (Å²) in [6.07, 6.45) is 0. The fraction of sp³-hybridized carbons (Fsp3) is 0.474. The third-order valence-electron chi connectivity index (χ3n) is 4.56. The van der Waals surface area contributed by atoms with Gasteiger partial charge in [0.2, 0.25) is 5.76 Å². The van der Waals surface area contributed by atoms with E-state index in [-0.39, 0.29) is 17.7 Å². The molecule has 2 heterocycles. The number of nitrogens with one attached hydrogen (secondary N) is 1. The molecule has 0 aliphatic carbocycles. The van der Waals surface area contributed by atoms with Crippen LogP contribution in [0.4, 0.5) is 0 Å².